The van der Waals surface area contributed by atoms with E-state index in [1.165, 1.54) is 0 Å². The van der Waals surface area contributed by atoms with E-state index >= 15 is 0 Å². The number of aromatic amines is 1. The highest BCUT2D eigenvalue weighted by molar-refractivity contribution is 7.71. The Morgan fingerprint density at radius 2 is 2.00 bits per heavy atom. The number of aryl methyl sites for hydroxylation is 1. The molecule has 0 bridgehead atoms. The van der Waals surface area contributed by atoms with Crippen molar-refractivity contribution >= 4 is 30.0 Å². The maximum Gasteiger partial charge on any atom is 0.216 e. The molecule has 0 unspecified atom stereocenters. The van der Waals surface area contributed by atoms with Crippen LogP contribution in [0.15, 0.2) is 47.6 Å². The summed E-state index contributed by atoms with van der Waals surface area (Å²) in [4.78, 5) is 0. The lowest BCUT2D eigenvalue weighted by atomic mass is 10.2. The lowest BCUT2D eigenvalue weighted by Gasteiger charge is -2.13. The van der Waals surface area contributed by atoms with Crippen LogP contribution in [-0.4, -0.2) is 27.7 Å². The third-order valence-corrected chi connectivity index (χ3v) is 4.75. The van der Waals surface area contributed by atoms with Gasteiger partial charge in [0.2, 0.25) is 4.77 Å². The van der Waals surface area contributed by atoms with Crippen molar-refractivity contribution in [2.75, 3.05) is 6.61 Å². The molecule has 1 N–H and O–H groups in total. The van der Waals surface area contributed by atoms with E-state index in [2.05, 4.69) is 22.2 Å². The highest BCUT2D eigenvalue weighted by Crippen LogP contribution is 2.29. The molecule has 0 aliphatic rings. The first-order valence-electron chi connectivity index (χ1n) is 9.46. The molecule has 0 aliphatic heterocycles. The summed E-state index contributed by atoms with van der Waals surface area (Å²) in [6, 6.07) is 13.3. The Morgan fingerprint density at radius 3 is 2.76 bits per heavy atom. The van der Waals surface area contributed by atoms with Crippen molar-refractivity contribution < 1.29 is 9.47 Å². The van der Waals surface area contributed by atoms with E-state index in [9.17, 15) is 0 Å². The zero-order valence-corrected chi connectivity index (χ0v) is 18.0. The van der Waals surface area contributed by atoms with Gasteiger partial charge in [-0.3, -0.25) is 5.10 Å². The number of rotatable bonds is 9. The van der Waals surface area contributed by atoms with Gasteiger partial charge in [0.15, 0.2) is 17.3 Å². The molecule has 3 aromatic rings. The normalized spacial score (nSPS) is 11.1. The SMILES string of the molecule is CCCc1n[nH]c(=S)n1/N=C\c1ccc(OCc2ccccc2Cl)c(OCC)c1. The van der Waals surface area contributed by atoms with Crippen molar-refractivity contribution in [3.63, 3.8) is 0 Å². The minimum Gasteiger partial charge on any atom is -0.490 e. The summed E-state index contributed by atoms with van der Waals surface area (Å²) in [5, 5.41) is 12.1. The first-order chi connectivity index (χ1) is 14.1. The van der Waals surface area contributed by atoms with Crippen LogP contribution in [-0.2, 0) is 13.0 Å². The van der Waals surface area contributed by atoms with E-state index in [4.69, 9.17) is 33.3 Å². The van der Waals surface area contributed by atoms with Crippen molar-refractivity contribution in [3.05, 3.63) is 69.2 Å². The summed E-state index contributed by atoms with van der Waals surface area (Å²) < 4.78 is 13.8. The predicted molar refractivity (Wildman–Crippen MR) is 118 cm³/mol. The lowest BCUT2D eigenvalue weighted by Crippen LogP contribution is -2.01. The maximum absolute atomic E-state index is 6.21. The van der Waals surface area contributed by atoms with E-state index < -0.39 is 0 Å². The summed E-state index contributed by atoms with van der Waals surface area (Å²) >= 11 is 11.5. The molecule has 0 saturated carbocycles. The van der Waals surface area contributed by atoms with Crippen LogP contribution >= 0.6 is 23.8 Å². The number of H-pyrrole nitrogens is 1. The van der Waals surface area contributed by atoms with Gasteiger partial charge in [0.25, 0.3) is 0 Å². The second kappa shape index (κ2) is 10.2. The largest absolute Gasteiger partial charge is 0.490 e. The van der Waals surface area contributed by atoms with Gasteiger partial charge in [-0.15, -0.1) is 0 Å². The zero-order chi connectivity index (χ0) is 20.6. The summed E-state index contributed by atoms with van der Waals surface area (Å²) in [5.74, 6) is 2.10. The highest BCUT2D eigenvalue weighted by Gasteiger charge is 2.08. The maximum atomic E-state index is 6.21. The molecule has 0 spiro atoms. The molecule has 152 valence electrons. The molecule has 0 atom stereocenters. The van der Waals surface area contributed by atoms with Gasteiger partial charge >= 0.3 is 0 Å². The number of nitrogens with zero attached hydrogens (tertiary/aromatic N) is 3. The van der Waals surface area contributed by atoms with Gasteiger partial charge in [-0.25, -0.2) is 0 Å². The number of benzene rings is 2. The minimum atomic E-state index is 0.359. The fourth-order valence-electron chi connectivity index (χ4n) is 2.72. The third kappa shape index (κ3) is 5.46. The van der Waals surface area contributed by atoms with Gasteiger partial charge < -0.3 is 9.47 Å². The van der Waals surface area contributed by atoms with Gasteiger partial charge in [-0.2, -0.15) is 14.9 Å². The van der Waals surface area contributed by atoms with Crippen LogP contribution in [0.4, 0.5) is 0 Å². The molecule has 0 radical (unpaired) electrons. The smallest absolute Gasteiger partial charge is 0.216 e. The molecule has 0 aliphatic carbocycles. The highest BCUT2D eigenvalue weighted by atomic mass is 35.5. The molecule has 3 rings (SSSR count). The topological polar surface area (TPSA) is 64.4 Å². The third-order valence-electron chi connectivity index (χ3n) is 4.12. The number of hydrogen-bond acceptors (Lipinski definition) is 5. The number of halogens is 1. The second-order valence-electron chi connectivity index (χ2n) is 6.27. The Labute approximate surface area is 180 Å². The average molecular weight is 431 g/mol. The average Bonchev–Trinajstić information content (AvgIpc) is 3.07. The van der Waals surface area contributed by atoms with Crippen LogP contribution in [0.25, 0.3) is 0 Å². The molecule has 6 nitrogen and oxygen atoms in total. The lowest BCUT2D eigenvalue weighted by molar-refractivity contribution is 0.269. The van der Waals surface area contributed by atoms with Crippen LogP contribution in [0.5, 0.6) is 11.5 Å². The van der Waals surface area contributed by atoms with Gasteiger partial charge in [0, 0.05) is 17.0 Å². The first kappa shape index (κ1) is 21.1. The standard InChI is InChI=1S/C21H23ClN4O2S/c1-3-7-20-24-25-21(29)26(20)23-13-15-10-11-18(19(12-15)27-4-2)28-14-16-8-5-6-9-17(16)22/h5-6,8-13H,3-4,7,14H2,1-2H3,(H,25,29)/b23-13-. The zero-order valence-electron chi connectivity index (χ0n) is 16.4. The van der Waals surface area contributed by atoms with Crippen LogP contribution in [0.1, 0.15) is 37.2 Å². The van der Waals surface area contributed by atoms with Crippen LogP contribution < -0.4 is 9.47 Å². The van der Waals surface area contributed by atoms with Gasteiger partial charge in [0.05, 0.1) is 12.8 Å². The predicted octanol–water partition coefficient (Wildman–Crippen LogP) is 5.41. The molecule has 0 saturated heterocycles. The fourth-order valence-corrected chi connectivity index (χ4v) is 3.11. The van der Waals surface area contributed by atoms with Gasteiger partial charge in [-0.1, -0.05) is 36.7 Å². The minimum absolute atomic E-state index is 0.359. The molecule has 0 fully saturated rings. The number of nitrogens with one attached hydrogen (secondary N) is 1. The van der Waals surface area contributed by atoms with Crippen molar-refractivity contribution in [1.82, 2.24) is 14.9 Å². The summed E-state index contributed by atoms with van der Waals surface area (Å²) in [6.07, 6.45) is 3.48. The van der Waals surface area contributed by atoms with E-state index in [1.807, 2.05) is 49.4 Å². The van der Waals surface area contributed by atoms with Crippen LogP contribution in [0.3, 0.4) is 0 Å². The van der Waals surface area contributed by atoms with E-state index in [0.29, 0.717) is 34.5 Å². The Balaban J connectivity index is 1.80. The molecule has 1 aromatic heterocycles. The van der Waals surface area contributed by atoms with Gasteiger partial charge in [0.1, 0.15) is 6.61 Å². The Kier molecular flexibility index (Phi) is 7.43. The molecule has 2 aromatic carbocycles. The van der Waals surface area contributed by atoms with Crippen LogP contribution in [0, 0.1) is 4.77 Å². The molecule has 29 heavy (non-hydrogen) atoms. The molecule has 1 heterocycles. The van der Waals surface area contributed by atoms with Crippen molar-refractivity contribution in [2.45, 2.75) is 33.3 Å². The van der Waals surface area contributed by atoms with E-state index in [-0.39, 0.29) is 0 Å². The second-order valence-corrected chi connectivity index (χ2v) is 7.06. The first-order valence-corrected chi connectivity index (χ1v) is 10.2. The molecule has 0 amide bonds. The van der Waals surface area contributed by atoms with E-state index in [0.717, 1.165) is 29.8 Å². The monoisotopic (exact) mass is 430 g/mol. The Morgan fingerprint density at radius 1 is 1.17 bits per heavy atom. The summed E-state index contributed by atoms with van der Waals surface area (Å²) in [5.41, 5.74) is 1.78. The Bertz CT molecular complexity index is 1050. The number of aromatic nitrogens is 3. The summed E-state index contributed by atoms with van der Waals surface area (Å²) in [6.45, 7) is 4.90. The van der Waals surface area contributed by atoms with Crippen molar-refractivity contribution in [3.8, 4) is 11.5 Å². The Hall–Kier alpha value is -2.64. The summed E-state index contributed by atoms with van der Waals surface area (Å²) in [7, 11) is 0. The van der Waals surface area contributed by atoms with Crippen LogP contribution in [0.2, 0.25) is 5.02 Å². The van der Waals surface area contributed by atoms with Gasteiger partial charge in [-0.05, 0) is 55.4 Å². The van der Waals surface area contributed by atoms with Crippen molar-refractivity contribution in [2.24, 2.45) is 5.10 Å². The molecular weight excluding hydrogens is 408 g/mol. The van der Waals surface area contributed by atoms with Crippen molar-refractivity contribution in [1.29, 1.82) is 0 Å². The number of hydrogen-bond donors (Lipinski definition) is 1. The van der Waals surface area contributed by atoms with E-state index in [1.54, 1.807) is 10.9 Å². The quantitative estimate of drug-likeness (QED) is 0.364. The molecule has 8 heteroatoms. The number of ether oxygens (including phenoxy) is 2. The fraction of sp³-hybridized carbons (Fsp3) is 0.286. The molecular formula is C21H23ClN4O2S.